The molecule has 0 aromatic rings. The summed E-state index contributed by atoms with van der Waals surface area (Å²) < 4.78 is 0. The van der Waals surface area contributed by atoms with E-state index in [-0.39, 0.29) is 0 Å². The second kappa shape index (κ2) is 3.47. The van der Waals surface area contributed by atoms with E-state index in [1.54, 1.807) is 0 Å². The van der Waals surface area contributed by atoms with Crippen LogP contribution in [0.25, 0.3) is 0 Å². The molecule has 14 heavy (non-hydrogen) atoms. The van der Waals surface area contributed by atoms with Gasteiger partial charge in [0.15, 0.2) is 0 Å². The molecule has 4 fully saturated rings. The number of hydrogen-bond acceptors (Lipinski definition) is 3. The van der Waals surface area contributed by atoms with E-state index in [0.29, 0.717) is 0 Å². The van der Waals surface area contributed by atoms with E-state index >= 15 is 0 Å². The van der Waals surface area contributed by atoms with Crippen molar-refractivity contribution in [2.75, 3.05) is 39.8 Å². The second-order valence-electron chi connectivity index (χ2n) is 5.06. The molecule has 2 unspecified atom stereocenters. The third-order valence-electron chi connectivity index (χ3n) is 4.20. The minimum atomic E-state index is 0.762. The zero-order valence-corrected chi connectivity index (χ0v) is 9.08. The molecule has 3 saturated heterocycles. The van der Waals surface area contributed by atoms with E-state index in [1.165, 1.54) is 45.6 Å². The standard InChI is InChI=1S/C11H21N3/c1-12-11(9-2-3-9)10-8-13-4-6-14(10)7-5-13/h9-12H,2-8H2,1H3. The van der Waals surface area contributed by atoms with Gasteiger partial charge in [-0.2, -0.15) is 0 Å². The topological polar surface area (TPSA) is 18.5 Å². The molecule has 3 nitrogen and oxygen atoms in total. The molecule has 0 radical (unpaired) electrons. The van der Waals surface area contributed by atoms with Crippen molar-refractivity contribution >= 4 is 0 Å². The van der Waals surface area contributed by atoms with Crippen LogP contribution in [0.4, 0.5) is 0 Å². The first-order chi connectivity index (χ1) is 6.88. The van der Waals surface area contributed by atoms with Crippen molar-refractivity contribution in [3.05, 3.63) is 0 Å². The summed E-state index contributed by atoms with van der Waals surface area (Å²) in [5.74, 6) is 0.977. The first-order valence-electron chi connectivity index (χ1n) is 6.02. The van der Waals surface area contributed by atoms with Gasteiger partial charge in [0.2, 0.25) is 0 Å². The zero-order valence-electron chi connectivity index (χ0n) is 9.08. The maximum atomic E-state index is 3.55. The van der Waals surface area contributed by atoms with Crippen molar-refractivity contribution in [2.24, 2.45) is 5.92 Å². The molecule has 0 aromatic heterocycles. The molecule has 1 saturated carbocycles. The molecule has 1 aliphatic carbocycles. The fourth-order valence-electron chi connectivity index (χ4n) is 3.20. The molecule has 0 spiro atoms. The summed E-state index contributed by atoms with van der Waals surface area (Å²) in [7, 11) is 2.14. The predicted octanol–water partition coefficient (Wildman–Crippen LogP) is -0.0158. The summed E-state index contributed by atoms with van der Waals surface area (Å²) in [6.45, 7) is 6.52. The quantitative estimate of drug-likeness (QED) is 0.683. The third-order valence-corrected chi connectivity index (χ3v) is 4.20. The number of hydrogen-bond donors (Lipinski definition) is 1. The van der Waals surface area contributed by atoms with Crippen molar-refractivity contribution in [2.45, 2.75) is 24.9 Å². The van der Waals surface area contributed by atoms with Crippen LogP contribution in [0.1, 0.15) is 12.8 Å². The molecule has 3 heterocycles. The Kier molecular flexibility index (Phi) is 2.26. The fourth-order valence-corrected chi connectivity index (χ4v) is 3.20. The summed E-state index contributed by atoms with van der Waals surface area (Å²) in [4.78, 5) is 5.34. The highest BCUT2D eigenvalue weighted by Crippen LogP contribution is 2.36. The smallest absolute Gasteiger partial charge is 0.0380 e. The van der Waals surface area contributed by atoms with Crippen LogP contribution in [0, 0.1) is 5.92 Å². The number of likely N-dealkylation sites (N-methyl/N-ethyl adjacent to an activating group) is 1. The van der Waals surface area contributed by atoms with Gasteiger partial charge in [-0.3, -0.25) is 9.80 Å². The van der Waals surface area contributed by atoms with Crippen LogP contribution in [-0.2, 0) is 0 Å². The van der Waals surface area contributed by atoms with Crippen LogP contribution in [0.15, 0.2) is 0 Å². The lowest BCUT2D eigenvalue weighted by Crippen LogP contribution is -2.66. The molecule has 2 atom stereocenters. The molecule has 2 bridgehead atoms. The maximum absolute atomic E-state index is 3.55. The van der Waals surface area contributed by atoms with Gasteiger partial charge in [0.1, 0.15) is 0 Å². The maximum Gasteiger partial charge on any atom is 0.0380 e. The SMILES string of the molecule is CNC(C1CC1)C1CN2CCN1CC2. The Morgan fingerprint density at radius 1 is 1.14 bits per heavy atom. The van der Waals surface area contributed by atoms with Gasteiger partial charge in [0, 0.05) is 44.8 Å². The van der Waals surface area contributed by atoms with E-state index in [2.05, 4.69) is 22.2 Å². The van der Waals surface area contributed by atoms with Crippen molar-refractivity contribution < 1.29 is 0 Å². The highest BCUT2D eigenvalue weighted by atomic mass is 15.4. The van der Waals surface area contributed by atoms with E-state index < -0.39 is 0 Å². The lowest BCUT2D eigenvalue weighted by atomic mass is 9.97. The number of nitrogens with zero attached hydrogens (tertiary/aromatic N) is 2. The number of nitrogens with one attached hydrogen (secondary N) is 1. The molecule has 0 aromatic carbocycles. The van der Waals surface area contributed by atoms with Crippen LogP contribution < -0.4 is 5.32 Å². The fraction of sp³-hybridized carbons (Fsp3) is 1.00. The Hall–Kier alpha value is -0.120. The Labute approximate surface area is 86.4 Å². The molecule has 1 N–H and O–H groups in total. The first kappa shape index (κ1) is 9.13. The monoisotopic (exact) mass is 195 g/mol. The summed E-state index contributed by atoms with van der Waals surface area (Å²) >= 11 is 0. The summed E-state index contributed by atoms with van der Waals surface area (Å²) in [5, 5.41) is 3.55. The predicted molar refractivity (Wildman–Crippen MR) is 57.4 cm³/mol. The second-order valence-corrected chi connectivity index (χ2v) is 5.06. The highest BCUT2D eigenvalue weighted by Gasteiger charge is 2.42. The van der Waals surface area contributed by atoms with Crippen LogP contribution >= 0.6 is 0 Å². The van der Waals surface area contributed by atoms with Gasteiger partial charge in [-0.25, -0.2) is 0 Å². The number of rotatable bonds is 3. The van der Waals surface area contributed by atoms with Gasteiger partial charge in [0.25, 0.3) is 0 Å². The van der Waals surface area contributed by atoms with E-state index in [1.807, 2.05) is 0 Å². The Morgan fingerprint density at radius 3 is 2.29 bits per heavy atom. The van der Waals surface area contributed by atoms with Crippen molar-refractivity contribution in [1.29, 1.82) is 0 Å². The van der Waals surface area contributed by atoms with Crippen LogP contribution in [0.5, 0.6) is 0 Å². The van der Waals surface area contributed by atoms with E-state index in [9.17, 15) is 0 Å². The molecular formula is C11H21N3. The van der Waals surface area contributed by atoms with Gasteiger partial charge >= 0.3 is 0 Å². The van der Waals surface area contributed by atoms with E-state index in [0.717, 1.165) is 18.0 Å². The Bertz CT molecular complexity index is 207. The average molecular weight is 195 g/mol. The summed E-state index contributed by atoms with van der Waals surface area (Å²) in [5.41, 5.74) is 0. The van der Waals surface area contributed by atoms with Crippen molar-refractivity contribution in [3.63, 3.8) is 0 Å². The lowest BCUT2D eigenvalue weighted by Gasteiger charge is -2.50. The largest absolute Gasteiger partial charge is 0.315 e. The van der Waals surface area contributed by atoms with Gasteiger partial charge in [-0.05, 0) is 25.8 Å². The third kappa shape index (κ3) is 1.47. The van der Waals surface area contributed by atoms with Crippen LogP contribution in [0.2, 0.25) is 0 Å². The Morgan fingerprint density at radius 2 is 1.86 bits per heavy atom. The van der Waals surface area contributed by atoms with Gasteiger partial charge in [-0.15, -0.1) is 0 Å². The average Bonchev–Trinajstić information content (AvgIpc) is 3.05. The van der Waals surface area contributed by atoms with Gasteiger partial charge in [0.05, 0.1) is 0 Å². The first-order valence-corrected chi connectivity index (χ1v) is 6.02. The lowest BCUT2D eigenvalue weighted by molar-refractivity contribution is -0.00548. The Balaban J connectivity index is 1.70. The van der Waals surface area contributed by atoms with Gasteiger partial charge in [-0.1, -0.05) is 0 Å². The molecule has 3 heteroatoms. The minimum Gasteiger partial charge on any atom is -0.315 e. The highest BCUT2D eigenvalue weighted by molar-refractivity contribution is 5.00. The zero-order chi connectivity index (χ0) is 9.54. The van der Waals surface area contributed by atoms with Crippen molar-refractivity contribution in [3.8, 4) is 0 Å². The van der Waals surface area contributed by atoms with Gasteiger partial charge < -0.3 is 5.32 Å². The van der Waals surface area contributed by atoms with Crippen molar-refractivity contribution in [1.82, 2.24) is 15.1 Å². The minimum absolute atomic E-state index is 0.762. The molecule has 0 amide bonds. The van der Waals surface area contributed by atoms with Crippen LogP contribution in [-0.4, -0.2) is 61.7 Å². The molecule has 3 aliphatic heterocycles. The number of fused-ring (bicyclic) bond motifs is 3. The molecular weight excluding hydrogens is 174 g/mol. The number of piperazine rings is 3. The van der Waals surface area contributed by atoms with Crippen LogP contribution in [0.3, 0.4) is 0 Å². The summed E-state index contributed by atoms with van der Waals surface area (Å²) in [6, 6.07) is 1.56. The van der Waals surface area contributed by atoms with E-state index in [4.69, 9.17) is 0 Å². The summed E-state index contributed by atoms with van der Waals surface area (Å²) in [6.07, 6.45) is 2.91. The normalized spacial score (nSPS) is 43.9. The molecule has 80 valence electrons. The molecule has 4 aliphatic rings. The molecule has 4 rings (SSSR count).